The van der Waals surface area contributed by atoms with Crippen LogP contribution in [0.4, 0.5) is 5.13 Å². The number of carbonyl (C=O) groups excluding carboxylic acids is 1. The molecule has 1 aliphatic heterocycles. The zero-order valence-electron chi connectivity index (χ0n) is 17.5. The van der Waals surface area contributed by atoms with Crippen LogP contribution in [-0.4, -0.2) is 65.2 Å². The summed E-state index contributed by atoms with van der Waals surface area (Å²) in [6.45, 7) is 4.91. The van der Waals surface area contributed by atoms with Gasteiger partial charge < -0.3 is 4.74 Å². The Balaban J connectivity index is 0.00000245. The van der Waals surface area contributed by atoms with Gasteiger partial charge in [0, 0.05) is 26.2 Å². The number of hydrogen-bond acceptors (Lipinski definition) is 7. The first kappa shape index (κ1) is 22.5. The summed E-state index contributed by atoms with van der Waals surface area (Å²) in [5.41, 5.74) is 2.73. The van der Waals surface area contributed by atoms with Gasteiger partial charge in [-0.1, -0.05) is 35.6 Å². The number of aromatic nitrogens is 3. The highest BCUT2D eigenvalue weighted by Crippen LogP contribution is 2.29. The van der Waals surface area contributed by atoms with E-state index in [-0.39, 0.29) is 18.3 Å². The molecule has 1 aliphatic rings. The van der Waals surface area contributed by atoms with Crippen molar-refractivity contribution in [3.8, 4) is 0 Å². The smallest absolute Gasteiger partial charge is 0.280 e. The molecule has 3 heterocycles. The molecule has 1 fully saturated rings. The Morgan fingerprint density at radius 1 is 1.00 bits per heavy atom. The van der Waals surface area contributed by atoms with Gasteiger partial charge in [0.2, 0.25) is 0 Å². The van der Waals surface area contributed by atoms with Crippen LogP contribution in [0.3, 0.4) is 0 Å². The van der Waals surface area contributed by atoms with Crippen LogP contribution in [0.15, 0.2) is 54.7 Å². The van der Waals surface area contributed by atoms with Crippen LogP contribution >= 0.6 is 23.7 Å². The van der Waals surface area contributed by atoms with Crippen molar-refractivity contribution in [1.29, 1.82) is 0 Å². The second kappa shape index (κ2) is 10.3. The van der Waals surface area contributed by atoms with Gasteiger partial charge in [-0.15, -0.1) is 12.4 Å². The number of hydrogen-bond donors (Lipinski definition) is 0. The Morgan fingerprint density at radius 2 is 1.72 bits per heavy atom. The van der Waals surface area contributed by atoms with E-state index in [1.165, 1.54) is 11.3 Å². The molecule has 0 aliphatic carbocycles. The van der Waals surface area contributed by atoms with E-state index in [0.29, 0.717) is 22.9 Å². The van der Waals surface area contributed by atoms with E-state index in [9.17, 15) is 4.79 Å². The Bertz CT molecular complexity index is 1180. The van der Waals surface area contributed by atoms with Crippen molar-refractivity contribution in [1.82, 2.24) is 19.9 Å². The predicted molar refractivity (Wildman–Crippen MR) is 130 cm³/mol. The van der Waals surface area contributed by atoms with Crippen molar-refractivity contribution in [3.05, 3.63) is 60.4 Å². The molecule has 5 rings (SSSR count). The standard InChI is InChI=1S/C23H23N5O2S.ClH/c29-22(20-16-24-17-6-1-2-7-18(17)25-20)28(11-5-10-27-12-14-30-15-13-27)23-26-19-8-3-4-9-21(19)31-23;/h1-4,6-9,16H,5,10-15H2;1H. The van der Waals surface area contributed by atoms with Crippen LogP contribution in [0.2, 0.25) is 0 Å². The van der Waals surface area contributed by atoms with E-state index in [2.05, 4.69) is 14.9 Å². The molecule has 0 N–H and O–H groups in total. The Labute approximate surface area is 196 Å². The summed E-state index contributed by atoms with van der Waals surface area (Å²) in [5, 5.41) is 0.697. The quantitative estimate of drug-likeness (QED) is 0.424. The van der Waals surface area contributed by atoms with Crippen molar-refractivity contribution >= 4 is 56.0 Å². The lowest BCUT2D eigenvalue weighted by Gasteiger charge is -2.27. The average molecular weight is 470 g/mol. The largest absolute Gasteiger partial charge is 0.379 e. The third kappa shape index (κ3) is 4.88. The minimum Gasteiger partial charge on any atom is -0.379 e. The third-order valence-corrected chi connectivity index (χ3v) is 6.45. The molecule has 0 bridgehead atoms. The molecule has 1 amide bonds. The van der Waals surface area contributed by atoms with Gasteiger partial charge in [-0.2, -0.15) is 0 Å². The lowest BCUT2D eigenvalue weighted by Crippen LogP contribution is -2.39. The van der Waals surface area contributed by atoms with Gasteiger partial charge in [-0.3, -0.25) is 19.6 Å². The van der Waals surface area contributed by atoms with Crippen molar-refractivity contribution in [2.24, 2.45) is 0 Å². The van der Waals surface area contributed by atoms with E-state index >= 15 is 0 Å². The summed E-state index contributed by atoms with van der Waals surface area (Å²) < 4.78 is 6.49. The monoisotopic (exact) mass is 469 g/mol. The summed E-state index contributed by atoms with van der Waals surface area (Å²) in [4.78, 5) is 31.4. The number of rotatable bonds is 6. The molecule has 32 heavy (non-hydrogen) atoms. The number of carbonyl (C=O) groups is 1. The van der Waals surface area contributed by atoms with Gasteiger partial charge in [-0.05, 0) is 30.7 Å². The number of halogens is 1. The third-order valence-electron chi connectivity index (χ3n) is 5.39. The number of morpholine rings is 1. The number of fused-ring (bicyclic) bond motifs is 2. The first-order valence-corrected chi connectivity index (χ1v) is 11.3. The maximum absolute atomic E-state index is 13.5. The molecule has 0 unspecified atom stereocenters. The Hall–Kier alpha value is -2.65. The predicted octanol–water partition coefficient (Wildman–Crippen LogP) is 4.03. The van der Waals surface area contributed by atoms with E-state index in [1.807, 2.05) is 48.5 Å². The zero-order valence-corrected chi connectivity index (χ0v) is 19.1. The van der Waals surface area contributed by atoms with Crippen molar-refractivity contribution < 1.29 is 9.53 Å². The molecular weight excluding hydrogens is 446 g/mol. The molecule has 166 valence electrons. The summed E-state index contributed by atoms with van der Waals surface area (Å²) in [6, 6.07) is 15.5. The maximum Gasteiger partial charge on any atom is 0.280 e. The molecule has 1 saturated heterocycles. The number of thiazole rings is 1. The van der Waals surface area contributed by atoms with Gasteiger partial charge >= 0.3 is 0 Å². The van der Waals surface area contributed by atoms with Gasteiger partial charge in [0.05, 0.1) is 40.7 Å². The molecule has 2 aromatic heterocycles. The fraction of sp³-hybridized carbons (Fsp3) is 0.304. The van der Waals surface area contributed by atoms with Crippen LogP contribution in [0.5, 0.6) is 0 Å². The highest BCUT2D eigenvalue weighted by molar-refractivity contribution is 7.22. The summed E-state index contributed by atoms with van der Waals surface area (Å²) >= 11 is 1.53. The number of benzene rings is 2. The summed E-state index contributed by atoms with van der Waals surface area (Å²) in [6.07, 6.45) is 2.41. The molecule has 9 heteroatoms. The van der Waals surface area contributed by atoms with E-state index in [1.54, 1.807) is 11.1 Å². The van der Waals surface area contributed by atoms with E-state index in [4.69, 9.17) is 9.72 Å². The average Bonchev–Trinajstić information content (AvgIpc) is 3.26. The molecule has 0 atom stereocenters. The molecule has 7 nitrogen and oxygen atoms in total. The van der Waals surface area contributed by atoms with Crippen molar-refractivity contribution in [3.63, 3.8) is 0 Å². The van der Waals surface area contributed by atoms with Crippen LogP contribution < -0.4 is 4.90 Å². The highest BCUT2D eigenvalue weighted by Gasteiger charge is 2.23. The maximum atomic E-state index is 13.5. The number of anilines is 1. The highest BCUT2D eigenvalue weighted by atomic mass is 35.5. The lowest BCUT2D eigenvalue weighted by molar-refractivity contribution is 0.0376. The SMILES string of the molecule is Cl.O=C(c1cnc2ccccc2n1)N(CCCN1CCOCC1)c1nc2ccccc2s1. The first-order chi connectivity index (χ1) is 15.3. The molecule has 0 radical (unpaired) electrons. The molecule has 0 spiro atoms. The summed E-state index contributed by atoms with van der Waals surface area (Å²) in [5.74, 6) is -0.167. The van der Waals surface area contributed by atoms with Gasteiger partial charge in [0.25, 0.3) is 5.91 Å². The van der Waals surface area contributed by atoms with E-state index in [0.717, 1.165) is 55.0 Å². The van der Waals surface area contributed by atoms with Gasteiger partial charge in [0.1, 0.15) is 5.69 Å². The fourth-order valence-corrected chi connectivity index (χ4v) is 4.73. The molecule has 4 aromatic rings. The van der Waals surface area contributed by atoms with Crippen molar-refractivity contribution in [2.75, 3.05) is 44.3 Å². The molecule has 2 aromatic carbocycles. The van der Waals surface area contributed by atoms with Crippen LogP contribution in [0, 0.1) is 0 Å². The minimum atomic E-state index is -0.167. The van der Waals surface area contributed by atoms with Gasteiger partial charge in [-0.25, -0.2) is 9.97 Å². The first-order valence-electron chi connectivity index (χ1n) is 10.5. The lowest BCUT2D eigenvalue weighted by atomic mass is 10.2. The topological polar surface area (TPSA) is 71.5 Å². The molecular formula is C23H24ClN5O2S. The zero-order chi connectivity index (χ0) is 21.0. The van der Waals surface area contributed by atoms with E-state index < -0.39 is 0 Å². The Morgan fingerprint density at radius 3 is 2.50 bits per heavy atom. The second-order valence-electron chi connectivity index (χ2n) is 7.47. The number of ether oxygens (including phenoxy) is 1. The number of amides is 1. The summed E-state index contributed by atoms with van der Waals surface area (Å²) in [7, 11) is 0. The molecule has 0 saturated carbocycles. The van der Waals surface area contributed by atoms with Gasteiger partial charge in [0.15, 0.2) is 5.13 Å². The van der Waals surface area contributed by atoms with Crippen LogP contribution in [0.1, 0.15) is 16.9 Å². The van der Waals surface area contributed by atoms with Crippen LogP contribution in [0.25, 0.3) is 21.3 Å². The van der Waals surface area contributed by atoms with Crippen molar-refractivity contribution in [2.45, 2.75) is 6.42 Å². The second-order valence-corrected chi connectivity index (χ2v) is 8.48. The minimum absolute atomic E-state index is 0. The number of nitrogens with zero attached hydrogens (tertiary/aromatic N) is 5. The van der Waals surface area contributed by atoms with Crippen LogP contribution in [-0.2, 0) is 4.74 Å². The Kier molecular flexibility index (Phi) is 7.26. The fourth-order valence-electron chi connectivity index (χ4n) is 3.74. The normalized spacial score (nSPS) is 14.4. The number of para-hydroxylation sites is 3.